The number of carbonyl (C=O) groups excluding carboxylic acids is 4. The molecule has 26 heavy (non-hydrogen) atoms. The zero-order chi connectivity index (χ0) is 19.7. The van der Waals surface area contributed by atoms with E-state index in [2.05, 4.69) is 10.1 Å². The molecule has 0 aromatic heterocycles. The molecule has 0 aliphatic rings. The first-order valence-corrected chi connectivity index (χ1v) is 8.27. The molecule has 0 saturated carbocycles. The molecule has 0 aliphatic heterocycles. The molecule has 7 heteroatoms. The first-order chi connectivity index (χ1) is 12.1. The Kier molecular flexibility index (Phi) is 7.96. The van der Waals surface area contributed by atoms with Gasteiger partial charge in [0.25, 0.3) is 0 Å². The van der Waals surface area contributed by atoms with Crippen LogP contribution in [-0.4, -0.2) is 42.4 Å². The number of nitrogens with one attached hydrogen (secondary N) is 1. The highest BCUT2D eigenvalue weighted by Gasteiger charge is 2.26. The van der Waals surface area contributed by atoms with Gasteiger partial charge in [0.05, 0.1) is 20.0 Å². The molecular formula is C19H25NO6. The standard InChI is InChI=1S/C19H25NO6/c1-19(2,3)26-17(23)12-14(11-15(21)18(24)25-4)20-16(22)10-13-8-6-5-7-9-13/h5-9,14H,10-12H2,1-4H3,(H,20,22)/t14-/m0/s1. The molecule has 1 aromatic rings. The van der Waals surface area contributed by atoms with Gasteiger partial charge in [-0.3, -0.25) is 14.4 Å². The first kappa shape index (κ1) is 21.3. The average molecular weight is 363 g/mol. The van der Waals surface area contributed by atoms with Gasteiger partial charge in [0.1, 0.15) is 5.60 Å². The molecule has 7 nitrogen and oxygen atoms in total. The van der Waals surface area contributed by atoms with Crippen molar-refractivity contribution in [3.63, 3.8) is 0 Å². The Balaban J connectivity index is 2.75. The predicted molar refractivity (Wildman–Crippen MR) is 94.2 cm³/mol. The van der Waals surface area contributed by atoms with Gasteiger partial charge in [0.15, 0.2) is 0 Å². The van der Waals surface area contributed by atoms with Gasteiger partial charge in [-0.25, -0.2) is 4.79 Å². The van der Waals surface area contributed by atoms with Crippen LogP contribution in [0.25, 0.3) is 0 Å². The molecule has 1 amide bonds. The normalized spacial score (nSPS) is 12.0. The number of amides is 1. The summed E-state index contributed by atoms with van der Waals surface area (Å²) in [5, 5.41) is 2.62. The largest absolute Gasteiger partial charge is 0.463 e. The Labute approximate surface area is 153 Å². The van der Waals surface area contributed by atoms with Gasteiger partial charge in [-0.2, -0.15) is 0 Å². The number of ether oxygens (including phenoxy) is 2. The van der Waals surface area contributed by atoms with E-state index in [1.54, 1.807) is 32.9 Å². The van der Waals surface area contributed by atoms with E-state index in [0.717, 1.165) is 12.7 Å². The summed E-state index contributed by atoms with van der Waals surface area (Å²) in [6.45, 7) is 5.15. The highest BCUT2D eigenvalue weighted by Crippen LogP contribution is 2.11. The number of Topliss-reactive ketones (excluding diaryl/α,β-unsaturated/α-hetero) is 1. The second-order valence-electron chi connectivity index (χ2n) is 6.84. The van der Waals surface area contributed by atoms with Gasteiger partial charge >= 0.3 is 11.9 Å². The predicted octanol–water partition coefficient (Wildman–Crippen LogP) is 1.58. The minimum atomic E-state index is -1.02. The molecule has 0 heterocycles. The molecule has 1 aromatic carbocycles. The third kappa shape index (κ3) is 8.41. The number of carbonyl (C=O) groups is 4. The maximum atomic E-state index is 12.2. The van der Waals surface area contributed by atoms with Gasteiger partial charge in [0, 0.05) is 12.5 Å². The topological polar surface area (TPSA) is 98.8 Å². The summed E-state index contributed by atoms with van der Waals surface area (Å²) in [7, 11) is 1.09. The Bertz CT molecular complexity index is 648. The van der Waals surface area contributed by atoms with Crippen molar-refractivity contribution in [3.05, 3.63) is 35.9 Å². The average Bonchev–Trinajstić information content (AvgIpc) is 2.52. The fraction of sp³-hybridized carbons (Fsp3) is 0.474. The number of hydrogen-bond acceptors (Lipinski definition) is 6. The molecule has 1 rings (SSSR count). The maximum Gasteiger partial charge on any atom is 0.374 e. The fourth-order valence-corrected chi connectivity index (χ4v) is 2.24. The summed E-state index contributed by atoms with van der Waals surface area (Å²) in [6.07, 6.45) is -0.467. The number of benzene rings is 1. The van der Waals surface area contributed by atoms with Crippen molar-refractivity contribution in [1.29, 1.82) is 0 Å². The van der Waals surface area contributed by atoms with Crippen LogP contribution in [0.2, 0.25) is 0 Å². The number of methoxy groups -OCH3 is 1. The molecule has 0 unspecified atom stereocenters. The van der Waals surface area contributed by atoms with Crippen molar-refractivity contribution < 1.29 is 28.7 Å². The van der Waals surface area contributed by atoms with Crippen molar-refractivity contribution in [1.82, 2.24) is 5.32 Å². The zero-order valence-corrected chi connectivity index (χ0v) is 15.5. The second-order valence-corrected chi connectivity index (χ2v) is 6.84. The van der Waals surface area contributed by atoms with E-state index in [1.807, 2.05) is 18.2 Å². The summed E-state index contributed by atoms with van der Waals surface area (Å²) >= 11 is 0. The molecule has 0 bridgehead atoms. The van der Waals surface area contributed by atoms with Crippen LogP contribution >= 0.6 is 0 Å². The van der Waals surface area contributed by atoms with Crippen LogP contribution in [0.4, 0.5) is 0 Å². The molecule has 0 spiro atoms. The van der Waals surface area contributed by atoms with Gasteiger partial charge in [-0.05, 0) is 26.3 Å². The van der Waals surface area contributed by atoms with Crippen molar-refractivity contribution in [2.24, 2.45) is 0 Å². The second kappa shape index (κ2) is 9.70. The minimum absolute atomic E-state index is 0.0953. The van der Waals surface area contributed by atoms with Gasteiger partial charge < -0.3 is 14.8 Å². The smallest absolute Gasteiger partial charge is 0.374 e. The van der Waals surface area contributed by atoms with E-state index in [0.29, 0.717) is 0 Å². The number of ketones is 1. The van der Waals surface area contributed by atoms with E-state index in [-0.39, 0.29) is 25.2 Å². The first-order valence-electron chi connectivity index (χ1n) is 8.27. The maximum absolute atomic E-state index is 12.2. The van der Waals surface area contributed by atoms with Crippen LogP contribution in [0.3, 0.4) is 0 Å². The molecule has 0 radical (unpaired) electrons. The molecule has 142 valence electrons. The lowest BCUT2D eigenvalue weighted by Gasteiger charge is -2.22. The van der Waals surface area contributed by atoms with Crippen LogP contribution < -0.4 is 5.32 Å². The summed E-state index contributed by atoms with van der Waals surface area (Å²) in [5.74, 6) is -2.76. The summed E-state index contributed by atoms with van der Waals surface area (Å²) in [4.78, 5) is 47.4. The Morgan fingerprint density at radius 2 is 1.65 bits per heavy atom. The van der Waals surface area contributed by atoms with E-state index >= 15 is 0 Å². The van der Waals surface area contributed by atoms with E-state index in [4.69, 9.17) is 4.74 Å². The van der Waals surface area contributed by atoms with Crippen LogP contribution in [0.15, 0.2) is 30.3 Å². The minimum Gasteiger partial charge on any atom is -0.463 e. The SMILES string of the molecule is COC(=O)C(=O)C[C@@H](CC(=O)OC(C)(C)C)NC(=O)Cc1ccccc1. The highest BCUT2D eigenvalue weighted by atomic mass is 16.6. The monoisotopic (exact) mass is 363 g/mol. The van der Waals surface area contributed by atoms with Crippen LogP contribution in [-0.2, 0) is 35.1 Å². The van der Waals surface area contributed by atoms with E-state index in [9.17, 15) is 19.2 Å². The van der Waals surface area contributed by atoms with Crippen molar-refractivity contribution >= 4 is 23.6 Å². The van der Waals surface area contributed by atoms with Gasteiger partial charge in [-0.1, -0.05) is 30.3 Å². The molecular weight excluding hydrogens is 338 g/mol. The Morgan fingerprint density at radius 3 is 2.19 bits per heavy atom. The third-order valence-corrected chi connectivity index (χ3v) is 3.25. The zero-order valence-electron chi connectivity index (χ0n) is 15.5. The van der Waals surface area contributed by atoms with Crippen molar-refractivity contribution in [3.8, 4) is 0 Å². The molecule has 0 fully saturated rings. The Morgan fingerprint density at radius 1 is 1.04 bits per heavy atom. The summed E-state index contributed by atoms with van der Waals surface area (Å²) in [6, 6.07) is 8.18. The lowest BCUT2D eigenvalue weighted by atomic mass is 10.1. The fourth-order valence-electron chi connectivity index (χ4n) is 2.24. The van der Waals surface area contributed by atoms with Crippen molar-refractivity contribution in [2.75, 3.05) is 7.11 Å². The lowest BCUT2D eigenvalue weighted by molar-refractivity contribution is -0.156. The van der Waals surface area contributed by atoms with E-state index < -0.39 is 29.4 Å². The number of rotatable bonds is 8. The molecule has 1 N–H and O–H groups in total. The van der Waals surface area contributed by atoms with Crippen LogP contribution in [0, 0.1) is 0 Å². The lowest BCUT2D eigenvalue weighted by Crippen LogP contribution is -2.41. The number of esters is 2. The highest BCUT2D eigenvalue weighted by molar-refractivity contribution is 6.33. The number of hydrogen-bond donors (Lipinski definition) is 1. The Hall–Kier alpha value is -2.70. The quantitative estimate of drug-likeness (QED) is 0.556. The molecule has 1 atom stereocenters. The summed E-state index contributed by atoms with van der Waals surface area (Å²) < 4.78 is 9.60. The van der Waals surface area contributed by atoms with Crippen LogP contribution in [0.1, 0.15) is 39.2 Å². The van der Waals surface area contributed by atoms with E-state index in [1.165, 1.54) is 0 Å². The summed E-state index contributed by atoms with van der Waals surface area (Å²) in [5.41, 5.74) is 0.0995. The molecule has 0 saturated heterocycles. The third-order valence-electron chi connectivity index (χ3n) is 3.25. The van der Waals surface area contributed by atoms with Crippen molar-refractivity contribution in [2.45, 2.75) is 51.7 Å². The van der Waals surface area contributed by atoms with Gasteiger partial charge in [0.2, 0.25) is 11.7 Å². The van der Waals surface area contributed by atoms with Gasteiger partial charge in [-0.15, -0.1) is 0 Å². The van der Waals surface area contributed by atoms with Crippen LogP contribution in [0.5, 0.6) is 0 Å². The molecule has 0 aliphatic carbocycles.